The summed E-state index contributed by atoms with van der Waals surface area (Å²) in [4.78, 5) is 11.2. The Labute approximate surface area is 80.9 Å². The number of nitrogens with one attached hydrogen (secondary N) is 1. The monoisotopic (exact) mass is 195 g/mol. The topological polar surface area (TPSA) is 38.3 Å². The Balaban J connectivity index is 2.38. The fourth-order valence-electron chi connectivity index (χ4n) is 1.37. The van der Waals surface area contributed by atoms with Crippen LogP contribution in [0.4, 0.5) is 10.1 Å². The van der Waals surface area contributed by atoms with Crippen LogP contribution < -0.4 is 10.1 Å². The van der Waals surface area contributed by atoms with Crippen LogP contribution >= 0.6 is 0 Å². The van der Waals surface area contributed by atoms with E-state index in [1.807, 2.05) is 0 Å². The largest absolute Gasteiger partial charge is 0.488 e. The molecule has 1 aromatic carbocycles. The molecule has 74 valence electrons. The van der Waals surface area contributed by atoms with E-state index in [1.54, 1.807) is 12.1 Å². The molecule has 0 spiro atoms. The van der Waals surface area contributed by atoms with E-state index in [0.717, 1.165) is 0 Å². The van der Waals surface area contributed by atoms with E-state index >= 15 is 0 Å². The van der Waals surface area contributed by atoms with Crippen molar-refractivity contribution in [2.45, 2.75) is 12.8 Å². The van der Waals surface area contributed by atoms with E-state index in [0.29, 0.717) is 25.1 Å². The molecule has 0 atom stereocenters. The van der Waals surface area contributed by atoms with Gasteiger partial charge < -0.3 is 10.1 Å². The Morgan fingerprint density at radius 3 is 3.14 bits per heavy atom. The summed E-state index contributed by atoms with van der Waals surface area (Å²) in [7, 11) is 0. The lowest BCUT2D eigenvalue weighted by molar-refractivity contribution is -0.116. The van der Waals surface area contributed by atoms with Crippen LogP contribution in [-0.2, 0) is 4.79 Å². The van der Waals surface area contributed by atoms with E-state index in [-0.39, 0.29) is 11.7 Å². The van der Waals surface area contributed by atoms with Crippen molar-refractivity contribution in [2.75, 3.05) is 11.9 Å². The summed E-state index contributed by atoms with van der Waals surface area (Å²) in [6, 6.07) is 4.48. The number of rotatable bonds is 0. The van der Waals surface area contributed by atoms with Crippen molar-refractivity contribution in [3.8, 4) is 5.75 Å². The van der Waals surface area contributed by atoms with Crippen LogP contribution in [-0.4, -0.2) is 12.5 Å². The number of fused-ring (bicyclic) bond motifs is 1. The third-order valence-electron chi connectivity index (χ3n) is 2.04. The van der Waals surface area contributed by atoms with Crippen LogP contribution in [0, 0.1) is 5.82 Å². The van der Waals surface area contributed by atoms with Gasteiger partial charge in [0, 0.05) is 6.42 Å². The Morgan fingerprint density at radius 1 is 1.43 bits per heavy atom. The highest BCUT2D eigenvalue weighted by atomic mass is 19.1. The molecule has 0 bridgehead atoms. The van der Waals surface area contributed by atoms with Crippen molar-refractivity contribution in [1.82, 2.24) is 0 Å². The van der Waals surface area contributed by atoms with Gasteiger partial charge in [0.15, 0.2) is 11.6 Å². The average Bonchev–Trinajstić information content (AvgIpc) is 2.12. The molecular formula is C10H10FNO2. The van der Waals surface area contributed by atoms with Gasteiger partial charge in [0.05, 0.1) is 12.3 Å². The van der Waals surface area contributed by atoms with Crippen molar-refractivity contribution >= 4 is 11.6 Å². The lowest BCUT2D eigenvalue weighted by Crippen LogP contribution is -2.17. The lowest BCUT2D eigenvalue weighted by atomic mass is 10.2. The Bertz CT molecular complexity index is 365. The van der Waals surface area contributed by atoms with Crippen LogP contribution in [0.2, 0.25) is 0 Å². The summed E-state index contributed by atoms with van der Waals surface area (Å²) in [5, 5.41) is 2.60. The molecule has 14 heavy (non-hydrogen) atoms. The van der Waals surface area contributed by atoms with Crippen molar-refractivity contribution in [1.29, 1.82) is 0 Å². The number of hydrogen-bond donors (Lipinski definition) is 1. The van der Waals surface area contributed by atoms with Crippen molar-refractivity contribution in [3.63, 3.8) is 0 Å². The van der Waals surface area contributed by atoms with E-state index in [1.165, 1.54) is 6.07 Å². The molecule has 0 fully saturated rings. The zero-order valence-corrected chi connectivity index (χ0v) is 7.55. The third-order valence-corrected chi connectivity index (χ3v) is 2.04. The van der Waals surface area contributed by atoms with Gasteiger partial charge in [-0.15, -0.1) is 0 Å². The molecular weight excluding hydrogens is 185 g/mol. The average molecular weight is 195 g/mol. The van der Waals surface area contributed by atoms with E-state index in [2.05, 4.69) is 5.32 Å². The smallest absolute Gasteiger partial charge is 0.224 e. The second-order valence-electron chi connectivity index (χ2n) is 3.12. The fourth-order valence-corrected chi connectivity index (χ4v) is 1.37. The molecule has 0 saturated heterocycles. The molecule has 0 radical (unpaired) electrons. The lowest BCUT2D eigenvalue weighted by Gasteiger charge is -2.16. The summed E-state index contributed by atoms with van der Waals surface area (Å²) < 4.78 is 18.5. The quantitative estimate of drug-likeness (QED) is 0.687. The molecule has 0 aliphatic carbocycles. The van der Waals surface area contributed by atoms with Gasteiger partial charge in [-0.05, 0) is 18.6 Å². The predicted molar refractivity (Wildman–Crippen MR) is 49.8 cm³/mol. The number of ether oxygens (including phenoxy) is 1. The SMILES string of the molecule is O=C1CCCOc2c(F)cccc2N1. The van der Waals surface area contributed by atoms with Gasteiger partial charge in [0.25, 0.3) is 0 Å². The first-order chi connectivity index (χ1) is 6.77. The first-order valence-electron chi connectivity index (χ1n) is 4.48. The molecule has 0 unspecified atom stereocenters. The van der Waals surface area contributed by atoms with Crippen LogP contribution in [0.25, 0.3) is 0 Å². The summed E-state index contributed by atoms with van der Waals surface area (Å²) in [6.45, 7) is 0.376. The second-order valence-corrected chi connectivity index (χ2v) is 3.12. The van der Waals surface area contributed by atoms with E-state index in [9.17, 15) is 9.18 Å². The maximum absolute atomic E-state index is 13.2. The maximum Gasteiger partial charge on any atom is 0.224 e. The minimum atomic E-state index is -0.440. The molecule has 1 aliphatic rings. The second kappa shape index (κ2) is 3.65. The molecule has 1 heterocycles. The minimum absolute atomic E-state index is 0.0971. The van der Waals surface area contributed by atoms with Crippen molar-refractivity contribution in [3.05, 3.63) is 24.0 Å². The number of amides is 1. The van der Waals surface area contributed by atoms with E-state index < -0.39 is 5.82 Å². The molecule has 1 N–H and O–H groups in total. The van der Waals surface area contributed by atoms with Gasteiger partial charge >= 0.3 is 0 Å². The van der Waals surface area contributed by atoms with Crippen LogP contribution in [0.5, 0.6) is 5.75 Å². The number of halogens is 1. The number of carbonyl (C=O) groups is 1. The number of anilines is 1. The molecule has 1 amide bonds. The van der Waals surface area contributed by atoms with Gasteiger partial charge in [-0.2, -0.15) is 0 Å². The number of para-hydroxylation sites is 1. The van der Waals surface area contributed by atoms with Crippen LogP contribution in [0.15, 0.2) is 18.2 Å². The summed E-state index contributed by atoms with van der Waals surface area (Å²) in [5.74, 6) is -0.398. The zero-order chi connectivity index (χ0) is 9.97. The van der Waals surface area contributed by atoms with E-state index in [4.69, 9.17) is 4.74 Å². The van der Waals surface area contributed by atoms with Gasteiger partial charge in [-0.1, -0.05) is 6.07 Å². The number of hydrogen-bond acceptors (Lipinski definition) is 2. The van der Waals surface area contributed by atoms with Crippen LogP contribution in [0.1, 0.15) is 12.8 Å². The van der Waals surface area contributed by atoms with Gasteiger partial charge in [-0.25, -0.2) is 4.39 Å². The standard InChI is InChI=1S/C10H10FNO2/c11-7-3-1-4-8-10(7)14-6-2-5-9(13)12-8/h1,3-4H,2,5-6H2,(H,12,13). The molecule has 4 heteroatoms. The Kier molecular flexibility index (Phi) is 2.35. The molecule has 0 aromatic heterocycles. The van der Waals surface area contributed by atoms with Gasteiger partial charge in [0.1, 0.15) is 0 Å². The summed E-state index contributed by atoms with van der Waals surface area (Å²) in [5.41, 5.74) is 0.412. The van der Waals surface area contributed by atoms with Crippen molar-refractivity contribution < 1.29 is 13.9 Å². The number of carbonyl (C=O) groups excluding carboxylic acids is 1. The Hall–Kier alpha value is -1.58. The Morgan fingerprint density at radius 2 is 2.29 bits per heavy atom. The maximum atomic E-state index is 13.2. The normalized spacial score (nSPS) is 15.9. The molecule has 1 aromatic rings. The van der Waals surface area contributed by atoms with Crippen LogP contribution in [0.3, 0.4) is 0 Å². The minimum Gasteiger partial charge on any atom is -0.488 e. The van der Waals surface area contributed by atoms with Gasteiger partial charge in [0.2, 0.25) is 5.91 Å². The zero-order valence-electron chi connectivity index (χ0n) is 7.55. The molecule has 1 aliphatic heterocycles. The highest BCUT2D eigenvalue weighted by Crippen LogP contribution is 2.29. The molecule has 0 saturated carbocycles. The molecule has 2 rings (SSSR count). The molecule has 3 nitrogen and oxygen atoms in total. The summed E-state index contributed by atoms with van der Waals surface area (Å²) in [6.07, 6.45) is 1.02. The van der Waals surface area contributed by atoms with Crippen molar-refractivity contribution in [2.24, 2.45) is 0 Å². The first-order valence-corrected chi connectivity index (χ1v) is 4.48. The predicted octanol–water partition coefficient (Wildman–Crippen LogP) is 1.94. The fraction of sp³-hybridized carbons (Fsp3) is 0.300. The third kappa shape index (κ3) is 1.69. The highest BCUT2D eigenvalue weighted by Gasteiger charge is 2.14. The summed E-state index contributed by atoms with van der Waals surface area (Å²) >= 11 is 0. The number of benzene rings is 1. The first kappa shape index (κ1) is 8.99. The van der Waals surface area contributed by atoms with Gasteiger partial charge in [-0.3, -0.25) is 4.79 Å². The highest BCUT2D eigenvalue weighted by molar-refractivity contribution is 5.92.